The summed E-state index contributed by atoms with van der Waals surface area (Å²) in [7, 11) is 0. The van der Waals surface area contributed by atoms with Gasteiger partial charge in [-0.3, -0.25) is 0 Å². The number of rotatable bonds is 3. The highest BCUT2D eigenvalue weighted by Crippen LogP contribution is 2.34. The van der Waals surface area contributed by atoms with Crippen molar-refractivity contribution < 1.29 is 9.53 Å². The predicted octanol–water partition coefficient (Wildman–Crippen LogP) is 4.71. The Morgan fingerprint density at radius 1 is 1.18 bits per heavy atom. The van der Waals surface area contributed by atoms with Crippen LogP contribution in [0.1, 0.15) is 24.5 Å². The van der Waals surface area contributed by atoms with Gasteiger partial charge in [-0.05, 0) is 30.2 Å². The molecule has 0 bridgehead atoms. The summed E-state index contributed by atoms with van der Waals surface area (Å²) in [6.45, 7) is 3.25. The van der Waals surface area contributed by atoms with E-state index in [0.29, 0.717) is 13.1 Å². The first-order chi connectivity index (χ1) is 10.6. The lowest BCUT2D eigenvalue weighted by Gasteiger charge is -2.39. The van der Waals surface area contributed by atoms with Crippen LogP contribution in [-0.2, 0) is 16.9 Å². The van der Waals surface area contributed by atoms with Gasteiger partial charge in [0.2, 0.25) is 0 Å². The number of nitrogens with zero attached hydrogens (tertiary/aromatic N) is 1. The molecule has 0 spiro atoms. The van der Waals surface area contributed by atoms with E-state index in [1.807, 2.05) is 61.5 Å². The average Bonchev–Trinajstić information content (AvgIpc) is 2.51. The van der Waals surface area contributed by atoms with Crippen LogP contribution < -0.4 is 0 Å². The van der Waals surface area contributed by atoms with Crippen molar-refractivity contribution in [2.75, 3.05) is 6.54 Å². The van der Waals surface area contributed by atoms with E-state index in [9.17, 15) is 4.79 Å². The second kappa shape index (κ2) is 6.13. The standard InChI is InChI=1S/C18H18BrNO2/c1-18(15-7-3-2-4-8-15)10-11-20(17(21)22-18)13-14-6-5-9-16(19)12-14/h2-9,12H,10-11,13H2,1H3. The molecule has 0 saturated carbocycles. The van der Waals surface area contributed by atoms with Gasteiger partial charge in [0.15, 0.2) is 0 Å². The summed E-state index contributed by atoms with van der Waals surface area (Å²) in [6, 6.07) is 17.9. The van der Waals surface area contributed by atoms with Crippen molar-refractivity contribution in [1.29, 1.82) is 0 Å². The Bertz CT molecular complexity index is 674. The average molecular weight is 360 g/mol. The number of amides is 1. The first kappa shape index (κ1) is 15.1. The maximum Gasteiger partial charge on any atom is 0.410 e. The zero-order valence-electron chi connectivity index (χ0n) is 12.5. The van der Waals surface area contributed by atoms with Gasteiger partial charge in [0, 0.05) is 24.0 Å². The third-order valence-corrected chi connectivity index (χ3v) is 4.57. The fourth-order valence-corrected chi connectivity index (χ4v) is 3.19. The molecule has 1 heterocycles. The fourth-order valence-electron chi connectivity index (χ4n) is 2.74. The van der Waals surface area contributed by atoms with Crippen molar-refractivity contribution >= 4 is 22.0 Å². The van der Waals surface area contributed by atoms with Crippen LogP contribution in [0.2, 0.25) is 0 Å². The van der Waals surface area contributed by atoms with Crippen LogP contribution >= 0.6 is 15.9 Å². The van der Waals surface area contributed by atoms with Gasteiger partial charge >= 0.3 is 6.09 Å². The fraction of sp³-hybridized carbons (Fsp3) is 0.278. The molecule has 22 heavy (non-hydrogen) atoms. The Morgan fingerprint density at radius 3 is 2.64 bits per heavy atom. The molecular weight excluding hydrogens is 342 g/mol. The maximum atomic E-state index is 12.4. The van der Waals surface area contributed by atoms with Gasteiger partial charge in [-0.2, -0.15) is 0 Å². The molecule has 1 aliphatic heterocycles. The lowest BCUT2D eigenvalue weighted by atomic mass is 9.91. The van der Waals surface area contributed by atoms with E-state index >= 15 is 0 Å². The molecule has 2 aromatic carbocycles. The highest BCUT2D eigenvalue weighted by molar-refractivity contribution is 9.10. The molecule has 1 fully saturated rings. The van der Waals surface area contributed by atoms with Crippen molar-refractivity contribution in [3.63, 3.8) is 0 Å². The Balaban J connectivity index is 1.71. The molecule has 1 unspecified atom stereocenters. The number of hydrogen-bond donors (Lipinski definition) is 0. The van der Waals surface area contributed by atoms with Crippen LogP contribution in [0.25, 0.3) is 0 Å². The lowest BCUT2D eigenvalue weighted by Crippen LogP contribution is -2.46. The Hall–Kier alpha value is -1.81. The van der Waals surface area contributed by atoms with Gasteiger partial charge in [-0.15, -0.1) is 0 Å². The second-order valence-corrected chi connectivity index (χ2v) is 6.68. The van der Waals surface area contributed by atoms with Gasteiger partial charge in [0.05, 0.1) is 0 Å². The van der Waals surface area contributed by atoms with Gasteiger partial charge in [0.1, 0.15) is 5.60 Å². The smallest absolute Gasteiger partial charge is 0.410 e. The minimum absolute atomic E-state index is 0.252. The largest absolute Gasteiger partial charge is 0.438 e. The van der Waals surface area contributed by atoms with Crippen molar-refractivity contribution in [3.05, 3.63) is 70.2 Å². The quantitative estimate of drug-likeness (QED) is 0.794. The second-order valence-electron chi connectivity index (χ2n) is 5.77. The van der Waals surface area contributed by atoms with Gasteiger partial charge in [-0.1, -0.05) is 58.4 Å². The number of carbonyl (C=O) groups excluding carboxylic acids is 1. The SMILES string of the molecule is CC1(c2ccccc2)CCN(Cc2cccc(Br)c2)C(=O)O1. The number of carbonyl (C=O) groups is 1. The van der Waals surface area contributed by atoms with Crippen molar-refractivity contribution in [2.24, 2.45) is 0 Å². The number of benzene rings is 2. The normalized spacial score (nSPS) is 21.5. The van der Waals surface area contributed by atoms with E-state index < -0.39 is 5.60 Å². The molecule has 2 aromatic rings. The lowest BCUT2D eigenvalue weighted by molar-refractivity contribution is -0.0427. The van der Waals surface area contributed by atoms with Gasteiger partial charge in [0.25, 0.3) is 0 Å². The Labute approximate surface area is 139 Å². The topological polar surface area (TPSA) is 29.5 Å². The van der Waals surface area contributed by atoms with Crippen LogP contribution in [0.3, 0.4) is 0 Å². The summed E-state index contributed by atoms with van der Waals surface area (Å²) in [6.07, 6.45) is 0.536. The first-order valence-corrected chi connectivity index (χ1v) is 8.14. The number of hydrogen-bond acceptors (Lipinski definition) is 2. The summed E-state index contributed by atoms with van der Waals surface area (Å²) >= 11 is 3.46. The van der Waals surface area contributed by atoms with Gasteiger partial charge in [-0.25, -0.2) is 4.79 Å². The third-order valence-electron chi connectivity index (χ3n) is 4.08. The molecule has 0 radical (unpaired) electrons. The van der Waals surface area contributed by atoms with E-state index in [0.717, 1.165) is 22.0 Å². The monoisotopic (exact) mass is 359 g/mol. The minimum Gasteiger partial charge on any atom is -0.438 e. The molecule has 1 aliphatic rings. The predicted molar refractivity (Wildman–Crippen MR) is 89.4 cm³/mol. The van der Waals surface area contributed by atoms with E-state index in [4.69, 9.17) is 4.74 Å². The molecule has 3 nitrogen and oxygen atoms in total. The van der Waals surface area contributed by atoms with Crippen LogP contribution in [-0.4, -0.2) is 17.5 Å². The van der Waals surface area contributed by atoms with Crippen LogP contribution in [0.5, 0.6) is 0 Å². The molecule has 1 amide bonds. The minimum atomic E-state index is -0.536. The molecule has 114 valence electrons. The summed E-state index contributed by atoms with van der Waals surface area (Å²) in [5, 5.41) is 0. The van der Waals surface area contributed by atoms with Crippen LogP contribution in [0, 0.1) is 0 Å². The highest BCUT2D eigenvalue weighted by atomic mass is 79.9. The maximum absolute atomic E-state index is 12.4. The Morgan fingerprint density at radius 2 is 1.95 bits per heavy atom. The molecule has 0 aliphatic carbocycles. The zero-order valence-corrected chi connectivity index (χ0v) is 14.0. The molecular formula is C18H18BrNO2. The van der Waals surface area contributed by atoms with Crippen LogP contribution in [0.15, 0.2) is 59.1 Å². The van der Waals surface area contributed by atoms with E-state index in [1.54, 1.807) is 4.90 Å². The third kappa shape index (κ3) is 3.17. The molecule has 1 saturated heterocycles. The summed E-state index contributed by atoms with van der Waals surface area (Å²) in [4.78, 5) is 14.1. The first-order valence-electron chi connectivity index (χ1n) is 7.35. The van der Waals surface area contributed by atoms with E-state index in [1.165, 1.54) is 0 Å². The summed E-state index contributed by atoms with van der Waals surface area (Å²) < 4.78 is 6.77. The Kier molecular flexibility index (Phi) is 4.21. The number of cyclic esters (lactones) is 1. The number of halogens is 1. The summed E-state index contributed by atoms with van der Waals surface area (Å²) in [5.41, 5.74) is 1.60. The van der Waals surface area contributed by atoms with E-state index in [-0.39, 0.29) is 6.09 Å². The molecule has 3 rings (SSSR count). The summed E-state index contributed by atoms with van der Waals surface area (Å²) in [5.74, 6) is 0. The van der Waals surface area contributed by atoms with Crippen molar-refractivity contribution in [2.45, 2.75) is 25.5 Å². The highest BCUT2D eigenvalue weighted by Gasteiger charge is 2.37. The number of ether oxygens (including phenoxy) is 1. The van der Waals surface area contributed by atoms with Gasteiger partial charge < -0.3 is 9.64 Å². The molecule has 4 heteroatoms. The zero-order chi connectivity index (χ0) is 15.6. The van der Waals surface area contributed by atoms with Crippen LogP contribution in [0.4, 0.5) is 4.79 Å². The van der Waals surface area contributed by atoms with Crippen molar-refractivity contribution in [1.82, 2.24) is 4.90 Å². The molecule has 1 atom stereocenters. The molecule has 0 N–H and O–H groups in total. The van der Waals surface area contributed by atoms with Crippen molar-refractivity contribution in [3.8, 4) is 0 Å². The molecule has 0 aromatic heterocycles. The van der Waals surface area contributed by atoms with E-state index in [2.05, 4.69) is 15.9 Å².